The van der Waals surface area contributed by atoms with Crippen molar-refractivity contribution in [2.75, 3.05) is 12.8 Å². The van der Waals surface area contributed by atoms with Gasteiger partial charge < -0.3 is 15.0 Å². The Morgan fingerprint density at radius 2 is 2.19 bits per heavy atom. The van der Waals surface area contributed by atoms with Gasteiger partial charge in [-0.05, 0) is 12.1 Å². The first-order valence-electron chi connectivity index (χ1n) is 4.37. The van der Waals surface area contributed by atoms with E-state index in [1.165, 1.54) is 19.4 Å². The lowest BCUT2D eigenvalue weighted by Gasteiger charge is -2.07. The van der Waals surface area contributed by atoms with E-state index in [-0.39, 0.29) is 17.2 Å². The van der Waals surface area contributed by atoms with E-state index in [1.54, 1.807) is 6.07 Å². The zero-order valence-electron chi connectivity index (χ0n) is 8.33. The lowest BCUT2D eigenvalue weighted by Crippen LogP contribution is -1.93. The minimum Gasteiger partial charge on any atom is -0.494 e. The minimum absolute atomic E-state index is 0.0686. The van der Waals surface area contributed by atoms with Gasteiger partial charge in [0.2, 0.25) is 5.88 Å². The van der Waals surface area contributed by atoms with Crippen molar-refractivity contribution >= 4 is 21.8 Å². The second-order valence-electron chi connectivity index (χ2n) is 3.07. The number of hydrogen-bond donors (Lipinski definition) is 1. The molecule has 1 aromatic heterocycles. The number of ether oxygens (including phenoxy) is 1. The van der Waals surface area contributed by atoms with E-state index >= 15 is 0 Å². The van der Waals surface area contributed by atoms with Gasteiger partial charge in [0, 0.05) is 10.0 Å². The number of nitrogen functional groups attached to an aromatic ring is 1. The summed E-state index contributed by atoms with van der Waals surface area (Å²) in [6.07, 6.45) is 1.36. The Labute approximate surface area is 99.3 Å². The van der Waals surface area contributed by atoms with Crippen molar-refractivity contribution in [1.82, 2.24) is 5.16 Å². The maximum Gasteiger partial charge on any atom is 0.230 e. The molecular formula is C10H8BrFN2O2. The fourth-order valence-corrected chi connectivity index (χ4v) is 1.80. The molecule has 84 valence electrons. The molecule has 1 aromatic carbocycles. The molecule has 0 aliphatic heterocycles. The van der Waals surface area contributed by atoms with Gasteiger partial charge in [-0.15, -0.1) is 0 Å². The molecule has 0 amide bonds. The standard InChI is InChI=1S/C10H8BrFN2O2/c1-15-8-3-5(11)2-6(9(8)12)7-4-14-16-10(7)13/h2-4H,13H2,1H3. The van der Waals surface area contributed by atoms with Gasteiger partial charge in [-0.3, -0.25) is 0 Å². The Morgan fingerprint density at radius 1 is 1.44 bits per heavy atom. The van der Waals surface area contributed by atoms with Crippen LogP contribution in [-0.2, 0) is 0 Å². The van der Waals surface area contributed by atoms with E-state index in [1.807, 2.05) is 0 Å². The maximum absolute atomic E-state index is 13.9. The average Bonchev–Trinajstić information content (AvgIpc) is 2.67. The van der Waals surface area contributed by atoms with E-state index in [0.29, 0.717) is 10.0 Å². The van der Waals surface area contributed by atoms with Gasteiger partial charge in [-0.1, -0.05) is 21.1 Å². The number of aromatic nitrogens is 1. The molecular weight excluding hydrogens is 279 g/mol. The highest BCUT2D eigenvalue weighted by Crippen LogP contribution is 2.35. The molecule has 4 nitrogen and oxygen atoms in total. The zero-order chi connectivity index (χ0) is 11.7. The van der Waals surface area contributed by atoms with Crippen LogP contribution in [0.5, 0.6) is 5.75 Å². The highest BCUT2D eigenvalue weighted by molar-refractivity contribution is 9.10. The van der Waals surface area contributed by atoms with Gasteiger partial charge in [0.05, 0.1) is 18.9 Å². The van der Waals surface area contributed by atoms with Crippen LogP contribution in [0.15, 0.2) is 27.3 Å². The molecule has 16 heavy (non-hydrogen) atoms. The summed E-state index contributed by atoms with van der Waals surface area (Å²) in [4.78, 5) is 0. The van der Waals surface area contributed by atoms with Gasteiger partial charge in [0.25, 0.3) is 0 Å². The summed E-state index contributed by atoms with van der Waals surface area (Å²) in [5.41, 5.74) is 6.21. The van der Waals surface area contributed by atoms with Crippen molar-refractivity contribution in [2.24, 2.45) is 0 Å². The summed E-state index contributed by atoms with van der Waals surface area (Å²) < 4.78 is 24.2. The molecule has 2 rings (SSSR count). The molecule has 2 aromatic rings. The molecule has 0 aliphatic carbocycles. The van der Waals surface area contributed by atoms with Crippen LogP contribution in [0.4, 0.5) is 10.3 Å². The Morgan fingerprint density at radius 3 is 2.75 bits per heavy atom. The summed E-state index contributed by atoms with van der Waals surface area (Å²) in [6, 6.07) is 3.11. The Hall–Kier alpha value is -1.56. The van der Waals surface area contributed by atoms with Crippen molar-refractivity contribution in [3.05, 3.63) is 28.6 Å². The predicted octanol–water partition coefficient (Wildman–Crippen LogP) is 2.83. The zero-order valence-corrected chi connectivity index (χ0v) is 9.92. The first kappa shape index (κ1) is 10.9. The normalized spacial score (nSPS) is 10.4. The van der Waals surface area contributed by atoms with Crippen LogP contribution in [0, 0.1) is 5.82 Å². The quantitative estimate of drug-likeness (QED) is 0.922. The van der Waals surface area contributed by atoms with Gasteiger partial charge in [-0.25, -0.2) is 4.39 Å². The Balaban J connectivity index is 2.65. The Kier molecular flexibility index (Phi) is 2.82. The highest BCUT2D eigenvalue weighted by atomic mass is 79.9. The number of halogens is 2. The second kappa shape index (κ2) is 4.13. The fraction of sp³-hybridized carbons (Fsp3) is 0.100. The molecule has 0 atom stereocenters. The van der Waals surface area contributed by atoms with Crippen molar-refractivity contribution in [2.45, 2.75) is 0 Å². The SMILES string of the molecule is COc1cc(Br)cc(-c2cnoc2N)c1F. The molecule has 0 spiro atoms. The van der Waals surface area contributed by atoms with E-state index in [2.05, 4.69) is 21.1 Å². The number of rotatable bonds is 2. The molecule has 2 N–H and O–H groups in total. The lowest BCUT2D eigenvalue weighted by atomic mass is 10.1. The number of nitrogens with two attached hydrogens (primary N) is 1. The maximum atomic E-state index is 13.9. The molecule has 6 heteroatoms. The van der Waals surface area contributed by atoms with Crippen LogP contribution in [0.1, 0.15) is 0 Å². The third-order valence-corrected chi connectivity index (χ3v) is 2.57. The first-order valence-corrected chi connectivity index (χ1v) is 5.16. The van der Waals surface area contributed by atoms with Crippen molar-refractivity contribution in [1.29, 1.82) is 0 Å². The Bertz CT molecular complexity index is 528. The molecule has 0 saturated heterocycles. The van der Waals surface area contributed by atoms with Crippen molar-refractivity contribution < 1.29 is 13.7 Å². The molecule has 1 heterocycles. The topological polar surface area (TPSA) is 61.3 Å². The summed E-state index contributed by atoms with van der Waals surface area (Å²) in [6.45, 7) is 0. The van der Waals surface area contributed by atoms with Crippen LogP contribution in [-0.4, -0.2) is 12.3 Å². The summed E-state index contributed by atoms with van der Waals surface area (Å²) >= 11 is 3.26. The van der Waals surface area contributed by atoms with Gasteiger partial charge in [0.1, 0.15) is 0 Å². The van der Waals surface area contributed by atoms with Crippen LogP contribution in [0.3, 0.4) is 0 Å². The third-order valence-electron chi connectivity index (χ3n) is 2.11. The van der Waals surface area contributed by atoms with E-state index < -0.39 is 5.82 Å². The highest BCUT2D eigenvalue weighted by Gasteiger charge is 2.16. The third kappa shape index (κ3) is 1.76. The van der Waals surface area contributed by atoms with Gasteiger partial charge in [-0.2, -0.15) is 0 Å². The van der Waals surface area contributed by atoms with Crippen LogP contribution in [0.25, 0.3) is 11.1 Å². The van der Waals surface area contributed by atoms with E-state index in [4.69, 9.17) is 15.0 Å². The van der Waals surface area contributed by atoms with Crippen LogP contribution >= 0.6 is 15.9 Å². The molecule has 0 saturated carbocycles. The van der Waals surface area contributed by atoms with E-state index in [0.717, 1.165) is 0 Å². The van der Waals surface area contributed by atoms with Crippen LogP contribution in [0.2, 0.25) is 0 Å². The monoisotopic (exact) mass is 286 g/mol. The molecule has 0 radical (unpaired) electrons. The number of anilines is 1. The summed E-state index contributed by atoms with van der Waals surface area (Å²) in [7, 11) is 1.39. The van der Waals surface area contributed by atoms with Gasteiger partial charge >= 0.3 is 0 Å². The largest absolute Gasteiger partial charge is 0.494 e. The fourth-order valence-electron chi connectivity index (χ4n) is 1.36. The lowest BCUT2D eigenvalue weighted by molar-refractivity contribution is 0.387. The number of hydrogen-bond acceptors (Lipinski definition) is 4. The van der Waals surface area contributed by atoms with E-state index in [9.17, 15) is 4.39 Å². The second-order valence-corrected chi connectivity index (χ2v) is 3.99. The molecule has 0 unspecified atom stereocenters. The predicted molar refractivity (Wildman–Crippen MR) is 60.6 cm³/mol. The first-order chi connectivity index (χ1) is 7.63. The molecule has 0 fully saturated rings. The van der Waals surface area contributed by atoms with Crippen LogP contribution < -0.4 is 10.5 Å². The average molecular weight is 287 g/mol. The van der Waals surface area contributed by atoms with Crippen molar-refractivity contribution in [3.63, 3.8) is 0 Å². The van der Waals surface area contributed by atoms with Gasteiger partial charge in [0.15, 0.2) is 11.6 Å². The molecule has 0 bridgehead atoms. The summed E-state index contributed by atoms with van der Waals surface area (Å²) in [5.74, 6) is -0.301. The number of methoxy groups -OCH3 is 1. The van der Waals surface area contributed by atoms with Crippen molar-refractivity contribution in [3.8, 4) is 16.9 Å². The summed E-state index contributed by atoms with van der Waals surface area (Å²) in [5, 5.41) is 3.50. The minimum atomic E-state index is -0.499. The smallest absolute Gasteiger partial charge is 0.230 e. The number of benzene rings is 1. The molecule has 0 aliphatic rings. The number of nitrogens with zero attached hydrogens (tertiary/aromatic N) is 1.